The first-order valence-electron chi connectivity index (χ1n) is 6.32. The van der Waals surface area contributed by atoms with Gasteiger partial charge in [-0.3, -0.25) is 0 Å². The zero-order chi connectivity index (χ0) is 12.8. The monoisotopic (exact) mass is 244 g/mol. The fourth-order valence-corrected chi connectivity index (χ4v) is 2.14. The summed E-state index contributed by atoms with van der Waals surface area (Å²) in [5, 5.41) is 0. The molecule has 0 aliphatic rings. The summed E-state index contributed by atoms with van der Waals surface area (Å²) >= 11 is 0. The van der Waals surface area contributed by atoms with Crippen LogP contribution in [-0.2, 0) is 19.4 Å². The molecule has 0 radical (unpaired) electrons. The summed E-state index contributed by atoms with van der Waals surface area (Å²) in [6.45, 7) is 2.06. The Morgan fingerprint density at radius 3 is 2.50 bits per heavy atom. The average Bonchev–Trinajstić information content (AvgIpc) is 2.75. The quantitative estimate of drug-likeness (QED) is 0.794. The van der Waals surface area contributed by atoms with Crippen LogP contribution in [0.25, 0.3) is 0 Å². The molecular formula is C14H20N4. The molecule has 0 saturated carbocycles. The van der Waals surface area contributed by atoms with Gasteiger partial charge in [-0.2, -0.15) is 0 Å². The van der Waals surface area contributed by atoms with Gasteiger partial charge in [-0.15, -0.1) is 0 Å². The minimum Gasteiger partial charge on any atom is -0.333 e. The van der Waals surface area contributed by atoms with Crippen LogP contribution in [0.3, 0.4) is 0 Å². The van der Waals surface area contributed by atoms with E-state index in [0.717, 1.165) is 25.1 Å². The number of nitrogens with two attached hydrogens (primary N) is 2. The molecule has 0 aliphatic heterocycles. The zero-order valence-electron chi connectivity index (χ0n) is 10.5. The SMILES string of the molecule is NCCc1c(Cc2ccccc2)ncn1CCN. The Kier molecular flexibility index (Phi) is 4.50. The summed E-state index contributed by atoms with van der Waals surface area (Å²) in [4.78, 5) is 4.50. The first-order valence-corrected chi connectivity index (χ1v) is 6.32. The lowest BCUT2D eigenvalue weighted by molar-refractivity contribution is 0.665. The summed E-state index contributed by atoms with van der Waals surface area (Å²) in [7, 11) is 0. The molecule has 1 heterocycles. The van der Waals surface area contributed by atoms with Crippen LogP contribution in [-0.4, -0.2) is 22.6 Å². The molecule has 2 aromatic rings. The van der Waals surface area contributed by atoms with Gasteiger partial charge in [0.15, 0.2) is 0 Å². The predicted molar refractivity (Wildman–Crippen MR) is 73.3 cm³/mol. The number of hydrogen-bond acceptors (Lipinski definition) is 3. The van der Waals surface area contributed by atoms with Gasteiger partial charge in [0.2, 0.25) is 0 Å². The van der Waals surface area contributed by atoms with Gasteiger partial charge in [0.05, 0.1) is 12.0 Å². The van der Waals surface area contributed by atoms with Crippen LogP contribution in [0, 0.1) is 0 Å². The molecule has 1 aromatic carbocycles. The van der Waals surface area contributed by atoms with Crippen molar-refractivity contribution in [3.8, 4) is 0 Å². The summed E-state index contributed by atoms with van der Waals surface area (Å²) in [6, 6.07) is 10.4. The van der Waals surface area contributed by atoms with Crippen LogP contribution in [0.2, 0.25) is 0 Å². The van der Waals surface area contributed by atoms with E-state index >= 15 is 0 Å². The summed E-state index contributed by atoms with van der Waals surface area (Å²) < 4.78 is 2.12. The van der Waals surface area contributed by atoms with Gasteiger partial charge in [-0.1, -0.05) is 30.3 Å². The number of rotatable bonds is 6. The molecule has 18 heavy (non-hydrogen) atoms. The minimum atomic E-state index is 0.624. The lowest BCUT2D eigenvalue weighted by Gasteiger charge is -2.08. The predicted octanol–water partition coefficient (Wildman–Crippen LogP) is 0.934. The molecule has 0 bridgehead atoms. The van der Waals surface area contributed by atoms with E-state index in [9.17, 15) is 0 Å². The van der Waals surface area contributed by atoms with E-state index in [4.69, 9.17) is 11.5 Å². The smallest absolute Gasteiger partial charge is 0.0952 e. The molecule has 0 aliphatic carbocycles. The highest BCUT2D eigenvalue weighted by atomic mass is 15.1. The molecule has 0 atom stereocenters. The van der Waals surface area contributed by atoms with Crippen LogP contribution < -0.4 is 11.5 Å². The lowest BCUT2D eigenvalue weighted by atomic mass is 10.1. The molecule has 0 spiro atoms. The van der Waals surface area contributed by atoms with Crippen molar-refractivity contribution in [3.63, 3.8) is 0 Å². The van der Waals surface area contributed by atoms with Crippen molar-refractivity contribution in [3.05, 3.63) is 53.6 Å². The van der Waals surface area contributed by atoms with Gasteiger partial charge in [-0.25, -0.2) is 4.98 Å². The molecule has 2 rings (SSSR count). The van der Waals surface area contributed by atoms with Crippen molar-refractivity contribution in [2.75, 3.05) is 13.1 Å². The highest BCUT2D eigenvalue weighted by molar-refractivity contribution is 5.25. The molecule has 0 amide bonds. The van der Waals surface area contributed by atoms with Gasteiger partial charge >= 0.3 is 0 Å². The van der Waals surface area contributed by atoms with E-state index in [1.807, 2.05) is 12.4 Å². The lowest BCUT2D eigenvalue weighted by Crippen LogP contribution is -2.15. The second-order valence-electron chi connectivity index (χ2n) is 4.32. The van der Waals surface area contributed by atoms with E-state index in [-0.39, 0.29) is 0 Å². The van der Waals surface area contributed by atoms with Gasteiger partial charge < -0.3 is 16.0 Å². The molecule has 0 unspecified atom stereocenters. The first kappa shape index (κ1) is 12.8. The van der Waals surface area contributed by atoms with E-state index in [0.29, 0.717) is 13.1 Å². The Hall–Kier alpha value is -1.65. The standard InChI is InChI=1S/C14H20N4/c15-7-6-14-13(17-11-18(14)9-8-16)10-12-4-2-1-3-5-12/h1-5,11H,6-10,15-16H2. The van der Waals surface area contributed by atoms with Crippen molar-refractivity contribution in [2.24, 2.45) is 11.5 Å². The number of imidazole rings is 1. The third-order valence-electron chi connectivity index (χ3n) is 3.00. The van der Waals surface area contributed by atoms with Gasteiger partial charge in [-0.05, 0) is 12.1 Å². The van der Waals surface area contributed by atoms with Gasteiger partial charge in [0, 0.05) is 31.6 Å². The fraction of sp³-hybridized carbons (Fsp3) is 0.357. The molecular weight excluding hydrogens is 224 g/mol. The summed E-state index contributed by atoms with van der Waals surface area (Å²) in [5.74, 6) is 0. The Morgan fingerprint density at radius 2 is 1.83 bits per heavy atom. The molecule has 0 fully saturated rings. The Balaban J connectivity index is 2.21. The first-order chi connectivity index (χ1) is 8.85. The van der Waals surface area contributed by atoms with Crippen molar-refractivity contribution in [2.45, 2.75) is 19.4 Å². The Bertz CT molecular complexity index is 476. The third-order valence-corrected chi connectivity index (χ3v) is 3.00. The molecule has 4 nitrogen and oxygen atoms in total. The molecule has 4 heteroatoms. The molecule has 4 N–H and O–H groups in total. The maximum Gasteiger partial charge on any atom is 0.0952 e. The third kappa shape index (κ3) is 2.97. The average molecular weight is 244 g/mol. The van der Waals surface area contributed by atoms with Crippen LogP contribution >= 0.6 is 0 Å². The summed E-state index contributed by atoms with van der Waals surface area (Å²) in [5.41, 5.74) is 14.9. The fourth-order valence-electron chi connectivity index (χ4n) is 2.14. The highest BCUT2D eigenvalue weighted by Gasteiger charge is 2.10. The maximum absolute atomic E-state index is 5.67. The molecule has 0 saturated heterocycles. The number of hydrogen-bond donors (Lipinski definition) is 2. The van der Waals surface area contributed by atoms with Crippen molar-refractivity contribution in [1.82, 2.24) is 9.55 Å². The van der Waals surface area contributed by atoms with E-state index in [1.165, 1.54) is 11.3 Å². The second kappa shape index (κ2) is 6.33. The number of aromatic nitrogens is 2. The number of benzene rings is 1. The van der Waals surface area contributed by atoms with Crippen LogP contribution in [0.1, 0.15) is 17.0 Å². The maximum atomic E-state index is 5.67. The largest absolute Gasteiger partial charge is 0.333 e. The zero-order valence-corrected chi connectivity index (χ0v) is 10.5. The van der Waals surface area contributed by atoms with Crippen LogP contribution in [0.4, 0.5) is 0 Å². The normalized spacial score (nSPS) is 10.8. The van der Waals surface area contributed by atoms with Crippen molar-refractivity contribution in [1.29, 1.82) is 0 Å². The van der Waals surface area contributed by atoms with Crippen LogP contribution in [0.15, 0.2) is 36.7 Å². The Labute approximate surface area is 108 Å². The van der Waals surface area contributed by atoms with Gasteiger partial charge in [0.1, 0.15) is 0 Å². The molecule has 96 valence electrons. The minimum absolute atomic E-state index is 0.624. The molecule has 1 aromatic heterocycles. The van der Waals surface area contributed by atoms with Crippen molar-refractivity contribution < 1.29 is 0 Å². The highest BCUT2D eigenvalue weighted by Crippen LogP contribution is 2.13. The van der Waals surface area contributed by atoms with Crippen LogP contribution in [0.5, 0.6) is 0 Å². The number of nitrogens with zero attached hydrogens (tertiary/aromatic N) is 2. The van der Waals surface area contributed by atoms with E-state index in [1.54, 1.807) is 0 Å². The summed E-state index contributed by atoms with van der Waals surface area (Å²) in [6.07, 6.45) is 3.58. The second-order valence-corrected chi connectivity index (χ2v) is 4.32. The van der Waals surface area contributed by atoms with Crippen molar-refractivity contribution >= 4 is 0 Å². The topological polar surface area (TPSA) is 69.9 Å². The van der Waals surface area contributed by atoms with Gasteiger partial charge in [0.25, 0.3) is 0 Å². The van der Waals surface area contributed by atoms with E-state index < -0.39 is 0 Å². The van der Waals surface area contributed by atoms with E-state index in [2.05, 4.69) is 33.8 Å². The Morgan fingerprint density at radius 1 is 1.06 bits per heavy atom.